The summed E-state index contributed by atoms with van der Waals surface area (Å²) in [5.41, 5.74) is 1.34. The minimum absolute atomic E-state index is 0.0743. The summed E-state index contributed by atoms with van der Waals surface area (Å²) in [6.45, 7) is 8.78. The number of benzene rings is 1. The highest BCUT2D eigenvalue weighted by atomic mass is 16.5. The SMILES string of the molecule is COc1ccc(C(C)C(C)NCCCN2CCC(O)CC2)cc1. The first-order chi connectivity index (χ1) is 11.1. The monoisotopic (exact) mass is 320 g/mol. The van der Waals surface area contributed by atoms with Crippen LogP contribution in [0.3, 0.4) is 0 Å². The van der Waals surface area contributed by atoms with Gasteiger partial charge in [-0.25, -0.2) is 0 Å². The Kier molecular flexibility index (Phi) is 7.34. The molecule has 1 saturated heterocycles. The van der Waals surface area contributed by atoms with E-state index in [0.717, 1.165) is 51.2 Å². The van der Waals surface area contributed by atoms with Gasteiger partial charge in [0.15, 0.2) is 0 Å². The topological polar surface area (TPSA) is 44.7 Å². The van der Waals surface area contributed by atoms with E-state index in [0.29, 0.717) is 12.0 Å². The molecule has 1 aliphatic heterocycles. The molecule has 0 saturated carbocycles. The Morgan fingerprint density at radius 3 is 2.48 bits per heavy atom. The number of hydrogen-bond acceptors (Lipinski definition) is 4. The second-order valence-corrected chi connectivity index (χ2v) is 6.73. The molecule has 1 aromatic carbocycles. The molecule has 0 amide bonds. The van der Waals surface area contributed by atoms with Gasteiger partial charge < -0.3 is 20.1 Å². The fourth-order valence-corrected chi connectivity index (χ4v) is 3.15. The van der Waals surface area contributed by atoms with Gasteiger partial charge in [-0.15, -0.1) is 0 Å². The highest BCUT2D eigenvalue weighted by Crippen LogP contribution is 2.22. The normalized spacial score (nSPS) is 19.5. The molecule has 2 rings (SSSR count). The fraction of sp³-hybridized carbons (Fsp3) is 0.684. The van der Waals surface area contributed by atoms with Gasteiger partial charge >= 0.3 is 0 Å². The molecule has 0 aliphatic carbocycles. The van der Waals surface area contributed by atoms with Crippen LogP contribution in [-0.2, 0) is 0 Å². The van der Waals surface area contributed by atoms with E-state index in [1.807, 2.05) is 12.1 Å². The summed E-state index contributed by atoms with van der Waals surface area (Å²) < 4.78 is 5.22. The summed E-state index contributed by atoms with van der Waals surface area (Å²) >= 11 is 0. The van der Waals surface area contributed by atoms with Gasteiger partial charge in [0.2, 0.25) is 0 Å². The van der Waals surface area contributed by atoms with Crippen molar-refractivity contribution in [3.63, 3.8) is 0 Å². The van der Waals surface area contributed by atoms with E-state index in [9.17, 15) is 5.11 Å². The molecule has 2 N–H and O–H groups in total. The second-order valence-electron chi connectivity index (χ2n) is 6.73. The third-order valence-corrected chi connectivity index (χ3v) is 5.07. The Bertz CT molecular complexity index is 441. The maximum atomic E-state index is 9.53. The first kappa shape index (κ1) is 18.2. The van der Waals surface area contributed by atoms with E-state index in [1.54, 1.807) is 7.11 Å². The van der Waals surface area contributed by atoms with Gasteiger partial charge in [0, 0.05) is 19.1 Å². The zero-order valence-corrected chi connectivity index (χ0v) is 14.8. The Morgan fingerprint density at radius 1 is 1.22 bits per heavy atom. The second kappa shape index (κ2) is 9.26. The fourth-order valence-electron chi connectivity index (χ4n) is 3.15. The molecule has 0 radical (unpaired) electrons. The number of piperidine rings is 1. The van der Waals surface area contributed by atoms with Crippen molar-refractivity contribution in [2.24, 2.45) is 0 Å². The first-order valence-electron chi connectivity index (χ1n) is 8.88. The minimum Gasteiger partial charge on any atom is -0.497 e. The third kappa shape index (κ3) is 5.79. The Morgan fingerprint density at radius 2 is 1.87 bits per heavy atom. The van der Waals surface area contributed by atoms with E-state index >= 15 is 0 Å². The average molecular weight is 320 g/mol. The van der Waals surface area contributed by atoms with E-state index in [4.69, 9.17) is 4.74 Å². The largest absolute Gasteiger partial charge is 0.497 e. The standard InChI is InChI=1S/C19H32N2O2/c1-15(17-5-7-19(23-3)8-6-17)16(2)20-11-4-12-21-13-9-18(22)10-14-21/h5-8,15-16,18,20,22H,4,9-14H2,1-3H3. The molecular formula is C19H32N2O2. The smallest absolute Gasteiger partial charge is 0.118 e. The van der Waals surface area contributed by atoms with E-state index in [2.05, 4.69) is 36.2 Å². The number of likely N-dealkylation sites (tertiary alicyclic amines) is 1. The van der Waals surface area contributed by atoms with Crippen molar-refractivity contribution in [2.75, 3.05) is 33.3 Å². The molecule has 1 heterocycles. The van der Waals surface area contributed by atoms with Crippen LogP contribution >= 0.6 is 0 Å². The molecule has 23 heavy (non-hydrogen) atoms. The van der Waals surface area contributed by atoms with Gasteiger partial charge in [-0.05, 0) is 62.9 Å². The lowest BCUT2D eigenvalue weighted by Gasteiger charge is -2.29. The van der Waals surface area contributed by atoms with Crippen LogP contribution in [0.1, 0.15) is 44.6 Å². The summed E-state index contributed by atoms with van der Waals surface area (Å²) in [6.07, 6.45) is 2.95. The first-order valence-corrected chi connectivity index (χ1v) is 8.88. The molecule has 0 spiro atoms. The lowest BCUT2D eigenvalue weighted by atomic mass is 9.94. The van der Waals surface area contributed by atoms with Crippen molar-refractivity contribution in [3.05, 3.63) is 29.8 Å². The lowest BCUT2D eigenvalue weighted by molar-refractivity contribution is 0.0820. The van der Waals surface area contributed by atoms with Crippen molar-refractivity contribution in [2.45, 2.75) is 51.2 Å². The van der Waals surface area contributed by atoms with Crippen molar-refractivity contribution < 1.29 is 9.84 Å². The predicted molar refractivity (Wildman–Crippen MR) is 95.2 cm³/mol. The van der Waals surface area contributed by atoms with Crippen LogP contribution in [0.15, 0.2) is 24.3 Å². The molecule has 4 nitrogen and oxygen atoms in total. The number of methoxy groups -OCH3 is 1. The van der Waals surface area contributed by atoms with Gasteiger partial charge in [-0.1, -0.05) is 19.1 Å². The van der Waals surface area contributed by atoms with Gasteiger partial charge in [-0.2, -0.15) is 0 Å². The van der Waals surface area contributed by atoms with E-state index in [1.165, 1.54) is 5.56 Å². The molecule has 0 bridgehead atoms. The lowest BCUT2D eigenvalue weighted by Crippen LogP contribution is -2.38. The minimum atomic E-state index is -0.0743. The number of aliphatic hydroxyl groups is 1. The Labute approximate surface area is 140 Å². The molecule has 1 fully saturated rings. The zero-order chi connectivity index (χ0) is 16.7. The quantitative estimate of drug-likeness (QED) is 0.723. The molecular weight excluding hydrogens is 288 g/mol. The van der Waals surface area contributed by atoms with Crippen LogP contribution in [0.5, 0.6) is 5.75 Å². The van der Waals surface area contributed by atoms with Crippen LogP contribution in [0.25, 0.3) is 0 Å². The predicted octanol–water partition coefficient (Wildman–Crippen LogP) is 2.62. The van der Waals surface area contributed by atoms with Crippen molar-refractivity contribution in [1.29, 1.82) is 0 Å². The van der Waals surface area contributed by atoms with Crippen molar-refractivity contribution in [3.8, 4) is 5.75 Å². The molecule has 1 aromatic rings. The number of hydrogen-bond donors (Lipinski definition) is 2. The van der Waals surface area contributed by atoms with Crippen LogP contribution in [0.2, 0.25) is 0 Å². The summed E-state index contributed by atoms with van der Waals surface area (Å²) in [5.74, 6) is 1.39. The number of aliphatic hydroxyl groups excluding tert-OH is 1. The maximum absolute atomic E-state index is 9.53. The summed E-state index contributed by atoms with van der Waals surface area (Å²) in [6, 6.07) is 8.82. The molecule has 1 aliphatic rings. The van der Waals surface area contributed by atoms with E-state index < -0.39 is 0 Å². The highest BCUT2D eigenvalue weighted by Gasteiger charge is 2.17. The number of nitrogens with zero attached hydrogens (tertiary/aromatic N) is 1. The Hall–Kier alpha value is -1.10. The number of rotatable bonds is 8. The van der Waals surface area contributed by atoms with Gasteiger partial charge in [0.25, 0.3) is 0 Å². The summed E-state index contributed by atoms with van der Waals surface area (Å²) in [4.78, 5) is 2.46. The maximum Gasteiger partial charge on any atom is 0.118 e. The Balaban J connectivity index is 1.66. The highest BCUT2D eigenvalue weighted by molar-refractivity contribution is 5.29. The van der Waals surface area contributed by atoms with Crippen molar-refractivity contribution in [1.82, 2.24) is 10.2 Å². The zero-order valence-electron chi connectivity index (χ0n) is 14.8. The van der Waals surface area contributed by atoms with Crippen LogP contribution in [0, 0.1) is 0 Å². The van der Waals surface area contributed by atoms with Gasteiger partial charge in [0.1, 0.15) is 5.75 Å². The molecule has 2 unspecified atom stereocenters. The molecule has 0 aromatic heterocycles. The molecule has 2 atom stereocenters. The molecule has 4 heteroatoms. The van der Waals surface area contributed by atoms with Gasteiger partial charge in [0.05, 0.1) is 13.2 Å². The van der Waals surface area contributed by atoms with E-state index in [-0.39, 0.29) is 6.10 Å². The van der Waals surface area contributed by atoms with Crippen LogP contribution < -0.4 is 10.1 Å². The number of nitrogens with one attached hydrogen (secondary N) is 1. The van der Waals surface area contributed by atoms with Crippen molar-refractivity contribution >= 4 is 0 Å². The molecule has 130 valence electrons. The van der Waals surface area contributed by atoms with Crippen LogP contribution in [-0.4, -0.2) is 55.4 Å². The average Bonchev–Trinajstić information content (AvgIpc) is 2.59. The van der Waals surface area contributed by atoms with Crippen LogP contribution in [0.4, 0.5) is 0 Å². The number of ether oxygens (including phenoxy) is 1. The summed E-state index contributed by atoms with van der Waals surface area (Å²) in [5, 5.41) is 13.2. The van der Waals surface area contributed by atoms with Gasteiger partial charge in [-0.3, -0.25) is 0 Å². The third-order valence-electron chi connectivity index (χ3n) is 5.07. The summed E-state index contributed by atoms with van der Waals surface area (Å²) in [7, 11) is 1.70.